The van der Waals surface area contributed by atoms with E-state index in [-0.39, 0.29) is 0 Å². The SMILES string of the molecule is C=C(N)C/C=C/C. The van der Waals surface area contributed by atoms with E-state index in [1.807, 2.05) is 19.1 Å². The Balaban J connectivity index is 3.14. The van der Waals surface area contributed by atoms with Crippen LogP contribution in [0.1, 0.15) is 13.3 Å². The average molecular weight is 97.2 g/mol. The molecule has 0 bridgehead atoms. The van der Waals surface area contributed by atoms with Crippen molar-refractivity contribution < 1.29 is 0 Å². The Morgan fingerprint density at radius 2 is 2.43 bits per heavy atom. The fourth-order valence-corrected chi connectivity index (χ4v) is 0.269. The van der Waals surface area contributed by atoms with Crippen molar-refractivity contribution >= 4 is 0 Å². The highest BCUT2D eigenvalue weighted by Gasteiger charge is 1.73. The van der Waals surface area contributed by atoms with E-state index in [2.05, 4.69) is 6.58 Å². The van der Waals surface area contributed by atoms with E-state index in [4.69, 9.17) is 5.73 Å². The van der Waals surface area contributed by atoms with Crippen LogP contribution in [0.2, 0.25) is 0 Å². The molecule has 0 aromatic rings. The summed E-state index contributed by atoms with van der Waals surface area (Å²) in [5.74, 6) is 0. The van der Waals surface area contributed by atoms with Crippen LogP contribution in [0.4, 0.5) is 0 Å². The molecule has 0 fully saturated rings. The number of rotatable bonds is 2. The van der Waals surface area contributed by atoms with Crippen molar-refractivity contribution in [3.05, 3.63) is 24.4 Å². The molecule has 7 heavy (non-hydrogen) atoms. The minimum Gasteiger partial charge on any atom is -0.402 e. The predicted octanol–water partition coefficient (Wildman–Crippen LogP) is 1.43. The number of hydrogen-bond donors (Lipinski definition) is 1. The van der Waals surface area contributed by atoms with Crippen molar-refractivity contribution in [2.24, 2.45) is 5.73 Å². The van der Waals surface area contributed by atoms with Crippen molar-refractivity contribution in [2.75, 3.05) is 0 Å². The Bertz CT molecular complexity index is 82.2. The molecule has 0 aromatic carbocycles. The van der Waals surface area contributed by atoms with Crippen LogP contribution in [0.5, 0.6) is 0 Å². The Hall–Kier alpha value is -0.720. The minimum atomic E-state index is 0.720. The third kappa shape index (κ3) is 5.28. The second-order valence-corrected chi connectivity index (χ2v) is 1.43. The van der Waals surface area contributed by atoms with Gasteiger partial charge in [-0.25, -0.2) is 0 Å². The number of allylic oxidation sites excluding steroid dienone is 2. The lowest BCUT2D eigenvalue weighted by molar-refractivity contribution is 1.18. The molecule has 0 saturated carbocycles. The van der Waals surface area contributed by atoms with Crippen molar-refractivity contribution in [1.82, 2.24) is 0 Å². The second kappa shape index (κ2) is 3.47. The number of nitrogens with two attached hydrogens (primary N) is 1. The fourth-order valence-electron chi connectivity index (χ4n) is 0.269. The Morgan fingerprint density at radius 3 is 2.57 bits per heavy atom. The van der Waals surface area contributed by atoms with Crippen LogP contribution in [0.25, 0.3) is 0 Å². The Morgan fingerprint density at radius 1 is 1.86 bits per heavy atom. The van der Waals surface area contributed by atoms with Gasteiger partial charge < -0.3 is 5.73 Å². The first kappa shape index (κ1) is 6.28. The molecule has 0 aliphatic rings. The molecule has 0 radical (unpaired) electrons. The molecule has 40 valence electrons. The van der Waals surface area contributed by atoms with Crippen molar-refractivity contribution in [1.29, 1.82) is 0 Å². The molecule has 0 rings (SSSR count). The van der Waals surface area contributed by atoms with Gasteiger partial charge in [-0.1, -0.05) is 18.7 Å². The molecule has 0 aromatic heterocycles. The van der Waals surface area contributed by atoms with Gasteiger partial charge in [-0.2, -0.15) is 0 Å². The summed E-state index contributed by atoms with van der Waals surface area (Å²) in [5.41, 5.74) is 5.95. The zero-order valence-electron chi connectivity index (χ0n) is 4.65. The van der Waals surface area contributed by atoms with E-state index < -0.39 is 0 Å². The van der Waals surface area contributed by atoms with Crippen LogP contribution in [0, 0.1) is 0 Å². The van der Waals surface area contributed by atoms with Gasteiger partial charge in [0.05, 0.1) is 0 Å². The highest BCUT2D eigenvalue weighted by molar-refractivity contribution is 4.95. The molecule has 2 N–H and O–H groups in total. The van der Waals surface area contributed by atoms with E-state index in [1.54, 1.807) is 0 Å². The lowest BCUT2D eigenvalue weighted by Gasteiger charge is -1.85. The quantitative estimate of drug-likeness (QED) is 0.518. The van der Waals surface area contributed by atoms with Gasteiger partial charge in [-0.3, -0.25) is 0 Å². The smallest absolute Gasteiger partial charge is 0.00458 e. The molecule has 0 heterocycles. The summed E-state index contributed by atoms with van der Waals surface area (Å²) in [5, 5.41) is 0. The molecule has 0 spiro atoms. The average Bonchev–Trinajstić information content (AvgIpc) is 1.61. The van der Waals surface area contributed by atoms with Gasteiger partial charge in [-0.05, 0) is 6.92 Å². The standard InChI is InChI=1S/C6H11N/c1-3-4-5-6(2)7/h3-4H,2,5,7H2,1H3/b4-3+. The maximum absolute atomic E-state index is 5.23. The zero-order chi connectivity index (χ0) is 5.70. The molecule has 0 aliphatic heterocycles. The summed E-state index contributed by atoms with van der Waals surface area (Å²) in [4.78, 5) is 0. The molecule has 0 saturated heterocycles. The zero-order valence-corrected chi connectivity index (χ0v) is 4.65. The molecule has 1 heteroatoms. The number of hydrogen-bond acceptors (Lipinski definition) is 1. The van der Waals surface area contributed by atoms with Gasteiger partial charge in [-0.15, -0.1) is 0 Å². The maximum atomic E-state index is 5.23. The largest absolute Gasteiger partial charge is 0.402 e. The van der Waals surface area contributed by atoms with Crippen LogP contribution in [-0.4, -0.2) is 0 Å². The maximum Gasteiger partial charge on any atom is 0.00458 e. The summed E-state index contributed by atoms with van der Waals surface area (Å²) < 4.78 is 0. The van der Waals surface area contributed by atoms with Crippen LogP contribution in [0.3, 0.4) is 0 Å². The highest BCUT2D eigenvalue weighted by Crippen LogP contribution is 1.87. The van der Waals surface area contributed by atoms with E-state index >= 15 is 0 Å². The van der Waals surface area contributed by atoms with E-state index in [1.165, 1.54) is 0 Å². The second-order valence-electron chi connectivity index (χ2n) is 1.43. The van der Waals surface area contributed by atoms with Crippen LogP contribution in [-0.2, 0) is 0 Å². The van der Waals surface area contributed by atoms with Crippen LogP contribution >= 0.6 is 0 Å². The highest BCUT2D eigenvalue weighted by atomic mass is 14.5. The lowest BCUT2D eigenvalue weighted by atomic mass is 10.3. The van der Waals surface area contributed by atoms with Crippen molar-refractivity contribution in [3.63, 3.8) is 0 Å². The predicted molar refractivity (Wildman–Crippen MR) is 32.8 cm³/mol. The third-order valence-electron chi connectivity index (χ3n) is 0.616. The molecule has 0 unspecified atom stereocenters. The molecule has 1 nitrogen and oxygen atoms in total. The lowest BCUT2D eigenvalue weighted by Crippen LogP contribution is -1.90. The van der Waals surface area contributed by atoms with Crippen LogP contribution in [0.15, 0.2) is 24.4 Å². The van der Waals surface area contributed by atoms with Crippen LogP contribution < -0.4 is 5.73 Å². The first-order chi connectivity index (χ1) is 3.27. The molecule has 0 atom stereocenters. The van der Waals surface area contributed by atoms with E-state index in [0.717, 1.165) is 12.1 Å². The molecular weight excluding hydrogens is 86.1 g/mol. The van der Waals surface area contributed by atoms with E-state index in [9.17, 15) is 0 Å². The van der Waals surface area contributed by atoms with Gasteiger partial charge in [0.2, 0.25) is 0 Å². The first-order valence-corrected chi connectivity index (χ1v) is 2.31. The normalized spacial score (nSPS) is 9.86. The summed E-state index contributed by atoms with van der Waals surface area (Å²) >= 11 is 0. The summed E-state index contributed by atoms with van der Waals surface area (Å²) in [6.07, 6.45) is 4.73. The van der Waals surface area contributed by atoms with Gasteiger partial charge in [0, 0.05) is 12.1 Å². The molecule has 0 aliphatic carbocycles. The summed E-state index contributed by atoms with van der Waals surface area (Å²) in [6.45, 7) is 5.48. The third-order valence-corrected chi connectivity index (χ3v) is 0.616. The summed E-state index contributed by atoms with van der Waals surface area (Å²) in [6, 6.07) is 0. The van der Waals surface area contributed by atoms with Gasteiger partial charge >= 0.3 is 0 Å². The van der Waals surface area contributed by atoms with Gasteiger partial charge in [0.1, 0.15) is 0 Å². The fraction of sp³-hybridized carbons (Fsp3) is 0.333. The summed E-state index contributed by atoms with van der Waals surface area (Å²) in [7, 11) is 0. The minimum absolute atomic E-state index is 0.720. The molecule has 0 amide bonds. The van der Waals surface area contributed by atoms with Crippen molar-refractivity contribution in [2.45, 2.75) is 13.3 Å². The molecular formula is C6H11N. The topological polar surface area (TPSA) is 26.0 Å². The van der Waals surface area contributed by atoms with Gasteiger partial charge in [0.25, 0.3) is 0 Å². The monoisotopic (exact) mass is 97.1 g/mol. The van der Waals surface area contributed by atoms with Crippen molar-refractivity contribution in [3.8, 4) is 0 Å². The Kier molecular flexibility index (Phi) is 3.11. The Labute approximate surface area is 44.5 Å². The van der Waals surface area contributed by atoms with Gasteiger partial charge in [0.15, 0.2) is 0 Å². The first-order valence-electron chi connectivity index (χ1n) is 2.31. The van der Waals surface area contributed by atoms with E-state index in [0.29, 0.717) is 0 Å².